The van der Waals surface area contributed by atoms with Gasteiger partial charge in [0, 0.05) is 24.5 Å². The van der Waals surface area contributed by atoms with Gasteiger partial charge >= 0.3 is 0 Å². The third kappa shape index (κ3) is 2.02. The predicted octanol–water partition coefficient (Wildman–Crippen LogP) is 2.81. The van der Waals surface area contributed by atoms with Gasteiger partial charge in [-0.2, -0.15) is 0 Å². The van der Waals surface area contributed by atoms with Gasteiger partial charge in [0.25, 0.3) is 0 Å². The topological polar surface area (TPSA) is 71.1 Å². The van der Waals surface area contributed by atoms with Gasteiger partial charge in [-0.25, -0.2) is 0 Å². The molecule has 3 rings (SSSR count). The number of rotatable bonds is 3. The molecule has 1 aromatic rings. The first-order valence-electron chi connectivity index (χ1n) is 8.67. The van der Waals surface area contributed by atoms with Crippen LogP contribution in [0.3, 0.4) is 0 Å². The third-order valence-electron chi connectivity index (χ3n) is 4.39. The van der Waals surface area contributed by atoms with Gasteiger partial charge < -0.3 is 18.9 Å². The number of hydrogen-bond acceptors (Lipinski definition) is 6. The van der Waals surface area contributed by atoms with E-state index >= 15 is 0 Å². The minimum Gasteiger partial charge on any atom is -0.496 e. The van der Waals surface area contributed by atoms with Crippen LogP contribution in [0.4, 0.5) is 0 Å². The van der Waals surface area contributed by atoms with Gasteiger partial charge in [-0.3, -0.25) is 9.59 Å². The summed E-state index contributed by atoms with van der Waals surface area (Å²) in [6.07, 6.45) is 0.971. The zero-order valence-corrected chi connectivity index (χ0v) is 14.0. The van der Waals surface area contributed by atoms with Crippen molar-refractivity contribution in [1.82, 2.24) is 0 Å². The lowest BCUT2D eigenvalue weighted by atomic mass is 9.75. The summed E-state index contributed by atoms with van der Waals surface area (Å²) in [5, 5.41) is 0.0378. The summed E-state index contributed by atoms with van der Waals surface area (Å²) >= 11 is 6.31. The molecule has 0 aromatic heterocycles. The SMILES string of the molecule is [2H][13C]([2H])([2H])OC1=CC(=O)C[C@@H](C)[C@]12Oc1c(Cl)c(OC)cc(OC)c1C2=O. The number of ether oxygens (including phenoxy) is 4. The van der Waals surface area contributed by atoms with E-state index in [-0.39, 0.29) is 45.8 Å². The first-order chi connectivity index (χ1) is 12.5. The average Bonchev–Trinajstić information content (AvgIpc) is 2.87. The lowest BCUT2D eigenvalue weighted by Gasteiger charge is -2.36. The van der Waals surface area contributed by atoms with E-state index in [2.05, 4.69) is 0 Å². The van der Waals surface area contributed by atoms with E-state index in [1.54, 1.807) is 6.92 Å². The molecule has 24 heavy (non-hydrogen) atoms. The molecule has 2 atom stereocenters. The predicted molar refractivity (Wildman–Crippen MR) is 86.1 cm³/mol. The van der Waals surface area contributed by atoms with E-state index in [0.29, 0.717) is 0 Å². The Kier molecular flexibility index (Phi) is 3.12. The molecule has 0 bridgehead atoms. The van der Waals surface area contributed by atoms with Crippen LogP contribution in [0.1, 0.15) is 27.8 Å². The molecular formula is C17H17ClO6. The number of carbonyl (C=O) groups is 2. The number of Topliss-reactive ketones (excluding diaryl/α,β-unsaturated/α-hetero) is 1. The maximum absolute atomic E-state index is 13.4. The molecule has 0 amide bonds. The fourth-order valence-corrected chi connectivity index (χ4v) is 3.46. The molecule has 0 N–H and O–H groups in total. The molecule has 1 aliphatic carbocycles. The molecule has 6 nitrogen and oxygen atoms in total. The van der Waals surface area contributed by atoms with E-state index in [0.717, 1.165) is 6.08 Å². The molecule has 0 fully saturated rings. The summed E-state index contributed by atoms with van der Waals surface area (Å²) < 4.78 is 43.5. The van der Waals surface area contributed by atoms with Crippen LogP contribution in [0.25, 0.3) is 0 Å². The summed E-state index contributed by atoms with van der Waals surface area (Å²) in [7, 11) is -0.116. The highest BCUT2D eigenvalue weighted by Crippen LogP contribution is 2.54. The Hall–Kier alpha value is -2.21. The molecule has 2 aliphatic rings. The van der Waals surface area contributed by atoms with Crippen molar-refractivity contribution < 1.29 is 32.6 Å². The van der Waals surface area contributed by atoms with Crippen LogP contribution in [0.5, 0.6) is 17.2 Å². The first-order valence-corrected chi connectivity index (χ1v) is 7.55. The van der Waals surface area contributed by atoms with E-state index in [4.69, 9.17) is 34.7 Å². The van der Waals surface area contributed by atoms with Crippen molar-refractivity contribution in [1.29, 1.82) is 0 Å². The van der Waals surface area contributed by atoms with Crippen molar-refractivity contribution in [3.8, 4) is 17.2 Å². The molecule has 7 heteroatoms. The molecule has 0 radical (unpaired) electrons. The van der Waals surface area contributed by atoms with Crippen LogP contribution in [0.2, 0.25) is 5.02 Å². The Morgan fingerprint density at radius 2 is 2.00 bits per heavy atom. The van der Waals surface area contributed by atoms with Gasteiger partial charge in [-0.1, -0.05) is 18.5 Å². The number of allylic oxidation sites excluding steroid dienone is 1. The molecule has 0 saturated heterocycles. The van der Waals surface area contributed by atoms with Crippen LogP contribution in [0.15, 0.2) is 17.9 Å². The summed E-state index contributed by atoms with van der Waals surface area (Å²) in [4.78, 5) is 25.4. The number of fused-ring (bicyclic) bond motifs is 1. The fourth-order valence-electron chi connectivity index (χ4n) is 3.19. The Bertz CT molecular complexity index is 863. The van der Waals surface area contributed by atoms with Crippen LogP contribution in [0, 0.1) is 5.92 Å². The zero-order valence-electron chi connectivity index (χ0n) is 16.3. The van der Waals surface area contributed by atoms with Gasteiger partial charge in [-0.05, 0) is 0 Å². The zero-order chi connectivity index (χ0) is 20.1. The number of hydrogen-bond donors (Lipinski definition) is 0. The van der Waals surface area contributed by atoms with E-state index in [9.17, 15) is 9.59 Å². The number of halogens is 1. The maximum atomic E-state index is 13.4. The highest BCUT2D eigenvalue weighted by atomic mass is 35.5. The standard InChI is InChI=1S/C17H17ClO6/c1-8-5-9(19)6-12(23-4)17(8)16(20)13-10(21-2)7-11(22-3)14(18)15(13)24-17/h6-8H,5H2,1-4H3/t8-,17+/m1/s1/i4+1D3. The van der Waals surface area contributed by atoms with Crippen molar-refractivity contribution in [3.63, 3.8) is 0 Å². The molecular weight excluding hydrogens is 337 g/mol. The number of ketones is 2. The highest BCUT2D eigenvalue weighted by molar-refractivity contribution is 6.35. The monoisotopic (exact) mass is 356 g/mol. The van der Waals surface area contributed by atoms with Gasteiger partial charge in [0.1, 0.15) is 22.1 Å². The van der Waals surface area contributed by atoms with E-state index < -0.39 is 24.3 Å². The lowest BCUT2D eigenvalue weighted by molar-refractivity contribution is -0.118. The van der Waals surface area contributed by atoms with Crippen molar-refractivity contribution >= 4 is 23.2 Å². The Labute approximate surface area is 148 Å². The summed E-state index contributed by atoms with van der Waals surface area (Å²) in [5.74, 6) is -1.64. The first kappa shape index (κ1) is 13.1. The van der Waals surface area contributed by atoms with Gasteiger partial charge in [0.05, 0.1) is 25.4 Å². The van der Waals surface area contributed by atoms with E-state index in [1.807, 2.05) is 0 Å². The Morgan fingerprint density at radius 1 is 1.29 bits per heavy atom. The Morgan fingerprint density at radius 3 is 2.62 bits per heavy atom. The minimum absolute atomic E-state index is 0.000826. The van der Waals surface area contributed by atoms with Crippen LogP contribution in [-0.4, -0.2) is 38.4 Å². The highest BCUT2D eigenvalue weighted by Gasteiger charge is 2.59. The quantitative estimate of drug-likeness (QED) is 0.775. The molecule has 0 saturated carbocycles. The van der Waals surface area contributed by atoms with Crippen LogP contribution >= 0.6 is 11.6 Å². The largest absolute Gasteiger partial charge is 0.496 e. The smallest absolute Gasteiger partial charge is 0.231 e. The Balaban J connectivity index is 2.23. The molecule has 1 aromatic carbocycles. The maximum Gasteiger partial charge on any atom is 0.231 e. The molecule has 1 aliphatic heterocycles. The second-order valence-electron chi connectivity index (χ2n) is 5.65. The van der Waals surface area contributed by atoms with Crippen molar-refractivity contribution in [2.24, 2.45) is 5.92 Å². The molecule has 1 spiro atoms. The van der Waals surface area contributed by atoms with Gasteiger partial charge in [0.15, 0.2) is 17.3 Å². The fraction of sp³-hybridized carbons (Fsp3) is 0.412. The second kappa shape index (κ2) is 5.70. The van der Waals surface area contributed by atoms with Gasteiger partial charge in [0.2, 0.25) is 11.4 Å². The number of benzene rings is 1. The summed E-state index contributed by atoms with van der Waals surface area (Å²) in [5.41, 5.74) is -1.78. The van der Waals surface area contributed by atoms with Crippen molar-refractivity contribution in [2.75, 3.05) is 21.3 Å². The summed E-state index contributed by atoms with van der Waals surface area (Å²) in [6.45, 7) is 1.61. The van der Waals surface area contributed by atoms with E-state index in [1.165, 1.54) is 20.3 Å². The average molecular weight is 357 g/mol. The molecule has 128 valence electrons. The summed E-state index contributed by atoms with van der Waals surface area (Å²) in [6, 6.07) is 1.44. The lowest BCUT2D eigenvalue weighted by Crippen LogP contribution is -2.51. The minimum atomic E-state index is -2.87. The molecule has 0 unspecified atom stereocenters. The molecule has 1 heterocycles. The number of methoxy groups -OCH3 is 3. The third-order valence-corrected chi connectivity index (χ3v) is 4.75. The van der Waals surface area contributed by atoms with Crippen molar-refractivity contribution in [2.45, 2.75) is 18.9 Å². The van der Waals surface area contributed by atoms with Crippen LogP contribution in [-0.2, 0) is 9.53 Å². The normalized spacial score (nSPS) is 27.6. The van der Waals surface area contributed by atoms with Crippen LogP contribution < -0.4 is 14.2 Å². The number of carbonyl (C=O) groups excluding carboxylic acids is 2. The second-order valence-corrected chi connectivity index (χ2v) is 6.03. The van der Waals surface area contributed by atoms with Gasteiger partial charge in [-0.15, -0.1) is 0 Å². The van der Waals surface area contributed by atoms with Crippen molar-refractivity contribution in [3.05, 3.63) is 28.5 Å².